The molecule has 88 valence electrons. The van der Waals surface area contributed by atoms with Crippen LogP contribution < -0.4 is 11.1 Å². The summed E-state index contributed by atoms with van der Waals surface area (Å²) in [6, 6.07) is 8.00. The smallest absolute Gasteiger partial charge is 0.312 e. The Hall–Kier alpha value is -1.51. The Morgan fingerprint density at radius 3 is 2.38 bits per heavy atom. The Morgan fingerprint density at radius 1 is 1.31 bits per heavy atom. The molecule has 3 N–H and O–H groups in total. The van der Waals surface area contributed by atoms with Crippen LogP contribution in [0, 0.1) is 12.3 Å². The molecule has 0 bridgehead atoms. The van der Waals surface area contributed by atoms with Gasteiger partial charge in [-0.2, -0.15) is 0 Å². The monoisotopic (exact) mass is 220 g/mol. The van der Waals surface area contributed by atoms with Crippen LogP contribution in [0.15, 0.2) is 24.3 Å². The Labute approximate surface area is 97.0 Å². The molecule has 3 nitrogen and oxygen atoms in total. The third-order valence-corrected chi connectivity index (χ3v) is 2.54. The lowest BCUT2D eigenvalue weighted by Gasteiger charge is -2.24. The van der Waals surface area contributed by atoms with Gasteiger partial charge in [0, 0.05) is 6.54 Å². The van der Waals surface area contributed by atoms with E-state index in [1.807, 2.05) is 0 Å². The number of carbonyl (C=O) groups excluding carboxylic acids is 1. The molecule has 0 unspecified atom stereocenters. The number of hydrogen-bond donors (Lipinski definition) is 2. The molecule has 16 heavy (non-hydrogen) atoms. The summed E-state index contributed by atoms with van der Waals surface area (Å²) in [6.07, 6.45) is 0.924. The lowest BCUT2D eigenvalue weighted by molar-refractivity contribution is 0.241. The quantitative estimate of drug-likeness (QED) is 0.803. The van der Waals surface area contributed by atoms with E-state index >= 15 is 0 Å². The van der Waals surface area contributed by atoms with E-state index < -0.39 is 6.03 Å². The van der Waals surface area contributed by atoms with E-state index in [9.17, 15) is 4.79 Å². The molecule has 1 aromatic rings. The van der Waals surface area contributed by atoms with Gasteiger partial charge in [0.05, 0.1) is 0 Å². The van der Waals surface area contributed by atoms with Crippen molar-refractivity contribution in [2.24, 2.45) is 11.1 Å². The normalized spacial score (nSPS) is 11.2. The third-order valence-electron chi connectivity index (χ3n) is 2.54. The number of urea groups is 1. The second-order valence-corrected chi connectivity index (χ2v) is 5.04. The highest BCUT2D eigenvalue weighted by atomic mass is 16.2. The molecule has 0 aliphatic rings. The van der Waals surface area contributed by atoms with E-state index in [0.29, 0.717) is 6.54 Å². The first-order valence-corrected chi connectivity index (χ1v) is 5.48. The van der Waals surface area contributed by atoms with Gasteiger partial charge in [0.2, 0.25) is 0 Å². The molecule has 0 aliphatic heterocycles. The topological polar surface area (TPSA) is 55.1 Å². The van der Waals surface area contributed by atoms with Crippen LogP contribution in [0.4, 0.5) is 4.79 Å². The second-order valence-electron chi connectivity index (χ2n) is 5.04. The number of amides is 2. The molecule has 0 fully saturated rings. The Kier molecular flexibility index (Phi) is 3.93. The van der Waals surface area contributed by atoms with Gasteiger partial charge < -0.3 is 11.1 Å². The molecular weight excluding hydrogens is 200 g/mol. The van der Waals surface area contributed by atoms with Crippen molar-refractivity contribution >= 4 is 6.03 Å². The predicted octanol–water partition coefficient (Wildman–Crippen LogP) is 2.23. The Bertz CT molecular complexity index is 355. The van der Waals surface area contributed by atoms with E-state index in [2.05, 4.69) is 50.4 Å². The van der Waals surface area contributed by atoms with E-state index in [-0.39, 0.29) is 5.41 Å². The molecule has 3 heteroatoms. The van der Waals surface area contributed by atoms with Gasteiger partial charge in [-0.05, 0) is 24.3 Å². The lowest BCUT2D eigenvalue weighted by Crippen LogP contribution is -2.38. The Balaban J connectivity index is 2.57. The molecule has 1 rings (SSSR count). The molecule has 0 aromatic heterocycles. The fraction of sp³-hybridized carbons (Fsp3) is 0.462. The average molecular weight is 220 g/mol. The van der Waals surface area contributed by atoms with Crippen molar-refractivity contribution in [1.29, 1.82) is 0 Å². The summed E-state index contributed by atoms with van der Waals surface area (Å²) in [5.74, 6) is 0. The van der Waals surface area contributed by atoms with Crippen LogP contribution in [0.2, 0.25) is 0 Å². The van der Waals surface area contributed by atoms with Crippen LogP contribution in [0.3, 0.4) is 0 Å². The van der Waals surface area contributed by atoms with Gasteiger partial charge in [-0.1, -0.05) is 43.7 Å². The van der Waals surface area contributed by atoms with Crippen LogP contribution in [0.25, 0.3) is 0 Å². The van der Waals surface area contributed by atoms with Crippen molar-refractivity contribution < 1.29 is 4.79 Å². The summed E-state index contributed by atoms with van der Waals surface area (Å²) >= 11 is 0. The van der Waals surface area contributed by atoms with Crippen LogP contribution >= 0.6 is 0 Å². The summed E-state index contributed by atoms with van der Waals surface area (Å²) in [4.78, 5) is 10.7. The molecule has 0 saturated heterocycles. The summed E-state index contributed by atoms with van der Waals surface area (Å²) < 4.78 is 0. The van der Waals surface area contributed by atoms with Gasteiger partial charge in [-0.3, -0.25) is 0 Å². The maximum absolute atomic E-state index is 10.7. The molecule has 0 radical (unpaired) electrons. The minimum absolute atomic E-state index is 0.0181. The van der Waals surface area contributed by atoms with Gasteiger partial charge in [-0.15, -0.1) is 0 Å². The minimum Gasteiger partial charge on any atom is -0.352 e. The first-order chi connectivity index (χ1) is 7.39. The van der Waals surface area contributed by atoms with Gasteiger partial charge in [0.1, 0.15) is 0 Å². The van der Waals surface area contributed by atoms with E-state index in [1.165, 1.54) is 11.1 Å². The molecule has 0 spiro atoms. The van der Waals surface area contributed by atoms with E-state index in [1.54, 1.807) is 0 Å². The van der Waals surface area contributed by atoms with Crippen LogP contribution in [0.5, 0.6) is 0 Å². The number of rotatable bonds is 4. The number of hydrogen-bond acceptors (Lipinski definition) is 1. The van der Waals surface area contributed by atoms with Crippen molar-refractivity contribution in [2.75, 3.05) is 6.54 Å². The zero-order valence-corrected chi connectivity index (χ0v) is 10.2. The number of primary amides is 1. The van der Waals surface area contributed by atoms with Gasteiger partial charge >= 0.3 is 6.03 Å². The fourth-order valence-corrected chi connectivity index (χ4v) is 1.65. The van der Waals surface area contributed by atoms with Crippen molar-refractivity contribution in [1.82, 2.24) is 5.32 Å². The first-order valence-electron chi connectivity index (χ1n) is 5.48. The molecule has 1 aromatic carbocycles. The lowest BCUT2D eigenvalue weighted by atomic mass is 9.85. The van der Waals surface area contributed by atoms with Gasteiger partial charge in [0.25, 0.3) is 0 Å². The maximum Gasteiger partial charge on any atom is 0.312 e. The highest BCUT2D eigenvalue weighted by molar-refractivity contribution is 5.71. The summed E-state index contributed by atoms with van der Waals surface area (Å²) in [5, 5.41) is 2.66. The molecule has 0 saturated carbocycles. The van der Waals surface area contributed by atoms with Crippen molar-refractivity contribution in [2.45, 2.75) is 27.2 Å². The minimum atomic E-state index is -0.461. The number of nitrogens with one attached hydrogen (secondary N) is 1. The van der Waals surface area contributed by atoms with Gasteiger partial charge in [0.15, 0.2) is 0 Å². The highest BCUT2D eigenvalue weighted by Gasteiger charge is 2.18. The standard InChI is InChI=1S/C13H20N2O/c1-10-4-6-11(7-5-10)8-13(2,3)9-15-12(14)16/h4-7H,8-9H2,1-3H3,(H3,14,15,16). The zero-order chi connectivity index (χ0) is 12.2. The molecule has 2 amide bonds. The number of nitrogens with two attached hydrogens (primary N) is 1. The first kappa shape index (κ1) is 12.6. The number of carbonyl (C=O) groups is 1. The SMILES string of the molecule is Cc1ccc(CC(C)(C)CNC(N)=O)cc1. The highest BCUT2D eigenvalue weighted by Crippen LogP contribution is 2.21. The zero-order valence-electron chi connectivity index (χ0n) is 10.2. The fourth-order valence-electron chi connectivity index (χ4n) is 1.65. The second kappa shape index (κ2) is 5.01. The van der Waals surface area contributed by atoms with Crippen molar-refractivity contribution in [3.05, 3.63) is 35.4 Å². The van der Waals surface area contributed by atoms with Crippen molar-refractivity contribution in [3.8, 4) is 0 Å². The van der Waals surface area contributed by atoms with Crippen molar-refractivity contribution in [3.63, 3.8) is 0 Å². The Morgan fingerprint density at radius 2 is 1.88 bits per heavy atom. The average Bonchev–Trinajstić information content (AvgIpc) is 2.19. The molecule has 0 heterocycles. The van der Waals surface area contributed by atoms with Gasteiger partial charge in [-0.25, -0.2) is 4.79 Å². The van der Waals surface area contributed by atoms with Crippen LogP contribution in [-0.2, 0) is 6.42 Å². The number of benzene rings is 1. The van der Waals surface area contributed by atoms with E-state index in [4.69, 9.17) is 5.73 Å². The molecule has 0 atom stereocenters. The summed E-state index contributed by atoms with van der Waals surface area (Å²) in [5.41, 5.74) is 7.62. The third kappa shape index (κ3) is 4.34. The summed E-state index contributed by atoms with van der Waals surface area (Å²) in [7, 11) is 0. The van der Waals surface area contributed by atoms with Crippen LogP contribution in [-0.4, -0.2) is 12.6 Å². The molecule has 0 aliphatic carbocycles. The molecular formula is C13H20N2O. The van der Waals surface area contributed by atoms with Crippen LogP contribution in [0.1, 0.15) is 25.0 Å². The number of aryl methyl sites for hydroxylation is 1. The largest absolute Gasteiger partial charge is 0.352 e. The predicted molar refractivity (Wildman–Crippen MR) is 66.3 cm³/mol. The van der Waals surface area contributed by atoms with E-state index in [0.717, 1.165) is 6.42 Å². The maximum atomic E-state index is 10.7. The summed E-state index contributed by atoms with van der Waals surface area (Å²) in [6.45, 7) is 6.89.